The van der Waals surface area contributed by atoms with Crippen molar-refractivity contribution in [3.63, 3.8) is 0 Å². The number of hydrogen-bond donors (Lipinski definition) is 3. The first-order valence-corrected chi connectivity index (χ1v) is 9.66. The molecule has 6 heteroatoms. The fourth-order valence-corrected chi connectivity index (χ4v) is 3.27. The summed E-state index contributed by atoms with van der Waals surface area (Å²) in [5.74, 6) is 0.525. The van der Waals surface area contributed by atoms with Gasteiger partial charge in [-0.2, -0.15) is 0 Å². The topological polar surface area (TPSA) is 73.5 Å². The van der Waals surface area contributed by atoms with Crippen LogP contribution in [0.4, 0.5) is 10.5 Å². The molecule has 1 heterocycles. The maximum Gasteiger partial charge on any atom is 0.319 e. The van der Waals surface area contributed by atoms with Crippen molar-refractivity contribution in [2.75, 3.05) is 38.0 Å². The number of nitrogens with one attached hydrogen (secondary N) is 3. The fraction of sp³-hybridized carbons (Fsp3) is 0.600. The monoisotopic (exact) mass is 360 g/mol. The maximum atomic E-state index is 13.1. The van der Waals surface area contributed by atoms with Gasteiger partial charge in [-0.1, -0.05) is 20.8 Å². The molecular weight excluding hydrogens is 328 g/mol. The molecule has 3 N–H and O–H groups in total. The quantitative estimate of drug-likeness (QED) is 0.730. The predicted molar refractivity (Wildman–Crippen MR) is 106 cm³/mol. The first kappa shape index (κ1) is 20.2. The zero-order valence-electron chi connectivity index (χ0n) is 16.4. The van der Waals surface area contributed by atoms with Crippen LogP contribution in [0.1, 0.15) is 49.2 Å². The van der Waals surface area contributed by atoms with Gasteiger partial charge in [0, 0.05) is 44.0 Å². The van der Waals surface area contributed by atoms with Crippen LogP contribution in [0.2, 0.25) is 0 Å². The van der Waals surface area contributed by atoms with Gasteiger partial charge in [-0.15, -0.1) is 0 Å². The van der Waals surface area contributed by atoms with E-state index in [1.165, 1.54) is 0 Å². The van der Waals surface area contributed by atoms with Crippen LogP contribution in [-0.2, 0) is 12.8 Å². The molecule has 0 aliphatic carbocycles. The molecule has 1 aliphatic heterocycles. The molecule has 1 aliphatic rings. The molecule has 3 amide bonds. The number of piperazine rings is 1. The lowest BCUT2D eigenvalue weighted by molar-refractivity contribution is 0.0734. The van der Waals surface area contributed by atoms with Crippen molar-refractivity contribution in [2.45, 2.75) is 40.5 Å². The fourth-order valence-electron chi connectivity index (χ4n) is 3.27. The van der Waals surface area contributed by atoms with Crippen LogP contribution >= 0.6 is 0 Å². The minimum absolute atomic E-state index is 0.0953. The van der Waals surface area contributed by atoms with Gasteiger partial charge in [0.05, 0.1) is 0 Å². The van der Waals surface area contributed by atoms with Crippen molar-refractivity contribution in [3.05, 3.63) is 28.8 Å². The van der Waals surface area contributed by atoms with E-state index in [1.807, 2.05) is 30.9 Å². The molecule has 1 fully saturated rings. The molecule has 0 saturated carbocycles. The third kappa shape index (κ3) is 5.21. The third-order valence-corrected chi connectivity index (χ3v) is 4.56. The summed E-state index contributed by atoms with van der Waals surface area (Å²) < 4.78 is 0. The van der Waals surface area contributed by atoms with Crippen LogP contribution in [0.25, 0.3) is 0 Å². The van der Waals surface area contributed by atoms with E-state index in [1.54, 1.807) is 0 Å². The van der Waals surface area contributed by atoms with Crippen LogP contribution < -0.4 is 16.0 Å². The Bertz CT molecular complexity index is 637. The Hall–Kier alpha value is -2.08. The van der Waals surface area contributed by atoms with Crippen molar-refractivity contribution >= 4 is 17.6 Å². The van der Waals surface area contributed by atoms with Crippen LogP contribution in [0.3, 0.4) is 0 Å². The van der Waals surface area contributed by atoms with Crippen LogP contribution in [0.5, 0.6) is 0 Å². The van der Waals surface area contributed by atoms with Gasteiger partial charge < -0.3 is 20.9 Å². The molecule has 0 aromatic heterocycles. The van der Waals surface area contributed by atoms with Gasteiger partial charge in [-0.25, -0.2) is 4.79 Å². The largest absolute Gasteiger partial charge is 0.338 e. The van der Waals surface area contributed by atoms with E-state index in [4.69, 9.17) is 0 Å². The molecule has 0 radical (unpaired) electrons. The molecule has 0 unspecified atom stereocenters. The SMILES string of the molecule is CCNC(=O)Nc1cc(CC)c(C(=O)N2CCNCC2)cc1CC(C)C. The summed E-state index contributed by atoms with van der Waals surface area (Å²) in [4.78, 5) is 27.0. The smallest absolute Gasteiger partial charge is 0.319 e. The van der Waals surface area contributed by atoms with Gasteiger partial charge in [0.1, 0.15) is 0 Å². The van der Waals surface area contributed by atoms with Gasteiger partial charge in [-0.3, -0.25) is 4.79 Å². The molecule has 0 atom stereocenters. The average molecular weight is 361 g/mol. The molecule has 0 bridgehead atoms. The molecule has 0 spiro atoms. The summed E-state index contributed by atoms with van der Waals surface area (Å²) in [6.45, 7) is 11.9. The van der Waals surface area contributed by atoms with Crippen molar-refractivity contribution in [3.8, 4) is 0 Å². The number of rotatable bonds is 6. The van der Waals surface area contributed by atoms with E-state index in [0.29, 0.717) is 12.5 Å². The minimum atomic E-state index is -0.208. The second kappa shape index (κ2) is 9.57. The van der Waals surface area contributed by atoms with Crippen molar-refractivity contribution in [1.29, 1.82) is 0 Å². The Labute approximate surface area is 156 Å². The molecule has 2 rings (SSSR count). The molecule has 1 aromatic rings. The van der Waals surface area contributed by atoms with Crippen LogP contribution in [-0.4, -0.2) is 49.6 Å². The van der Waals surface area contributed by atoms with E-state index in [9.17, 15) is 9.59 Å². The summed E-state index contributed by atoms with van der Waals surface area (Å²) in [6.07, 6.45) is 1.56. The number of aryl methyl sites for hydroxylation is 1. The van der Waals surface area contributed by atoms with E-state index < -0.39 is 0 Å². The van der Waals surface area contributed by atoms with Gasteiger partial charge in [0.25, 0.3) is 5.91 Å². The van der Waals surface area contributed by atoms with E-state index in [0.717, 1.165) is 61.4 Å². The molecular formula is C20H32N4O2. The molecule has 6 nitrogen and oxygen atoms in total. The Morgan fingerprint density at radius 1 is 1.15 bits per heavy atom. The number of urea groups is 1. The summed E-state index contributed by atoms with van der Waals surface area (Å²) in [5.41, 5.74) is 3.57. The normalized spacial score (nSPS) is 14.4. The highest BCUT2D eigenvalue weighted by molar-refractivity contribution is 5.98. The van der Waals surface area contributed by atoms with Crippen molar-refractivity contribution < 1.29 is 9.59 Å². The number of hydrogen-bond acceptors (Lipinski definition) is 3. The van der Waals surface area contributed by atoms with E-state index in [-0.39, 0.29) is 11.9 Å². The zero-order valence-corrected chi connectivity index (χ0v) is 16.4. The predicted octanol–water partition coefficient (Wildman–Crippen LogP) is 2.63. The minimum Gasteiger partial charge on any atom is -0.338 e. The lowest BCUT2D eigenvalue weighted by Gasteiger charge is -2.28. The lowest BCUT2D eigenvalue weighted by Crippen LogP contribution is -2.46. The molecule has 26 heavy (non-hydrogen) atoms. The Kier molecular flexibility index (Phi) is 7.45. The second-order valence-corrected chi connectivity index (χ2v) is 7.14. The molecule has 144 valence electrons. The average Bonchev–Trinajstić information content (AvgIpc) is 2.62. The van der Waals surface area contributed by atoms with Gasteiger partial charge >= 0.3 is 6.03 Å². The second-order valence-electron chi connectivity index (χ2n) is 7.14. The standard InChI is InChI=1S/C20H32N4O2/c1-5-15-13-18(23-20(26)22-6-2)16(11-14(3)4)12-17(15)19(25)24-9-7-21-8-10-24/h12-14,21H,5-11H2,1-4H3,(H2,22,23,26). The highest BCUT2D eigenvalue weighted by Crippen LogP contribution is 2.26. The summed E-state index contributed by atoms with van der Waals surface area (Å²) in [6, 6.07) is 3.76. The number of carbonyl (C=O) groups is 2. The number of carbonyl (C=O) groups excluding carboxylic acids is 2. The number of amides is 3. The summed E-state index contributed by atoms with van der Waals surface area (Å²) in [7, 11) is 0. The van der Waals surface area contributed by atoms with Crippen molar-refractivity contribution in [2.24, 2.45) is 5.92 Å². The molecule has 1 saturated heterocycles. The highest BCUT2D eigenvalue weighted by atomic mass is 16.2. The first-order chi connectivity index (χ1) is 12.5. The highest BCUT2D eigenvalue weighted by Gasteiger charge is 2.22. The Morgan fingerprint density at radius 3 is 2.42 bits per heavy atom. The van der Waals surface area contributed by atoms with Crippen molar-refractivity contribution in [1.82, 2.24) is 15.5 Å². The van der Waals surface area contributed by atoms with Gasteiger partial charge in [0.2, 0.25) is 0 Å². The third-order valence-electron chi connectivity index (χ3n) is 4.56. The zero-order chi connectivity index (χ0) is 19.1. The number of benzene rings is 1. The Morgan fingerprint density at radius 2 is 1.85 bits per heavy atom. The summed E-state index contributed by atoms with van der Waals surface area (Å²) in [5, 5.41) is 9.00. The summed E-state index contributed by atoms with van der Waals surface area (Å²) >= 11 is 0. The maximum absolute atomic E-state index is 13.1. The van der Waals surface area contributed by atoms with Gasteiger partial charge in [-0.05, 0) is 48.9 Å². The van der Waals surface area contributed by atoms with Crippen LogP contribution in [0.15, 0.2) is 12.1 Å². The number of nitrogens with zero attached hydrogens (tertiary/aromatic N) is 1. The van der Waals surface area contributed by atoms with E-state index in [2.05, 4.69) is 29.8 Å². The number of anilines is 1. The molecule has 1 aromatic carbocycles. The Balaban J connectivity index is 2.38. The van der Waals surface area contributed by atoms with E-state index >= 15 is 0 Å². The van der Waals surface area contributed by atoms with Gasteiger partial charge in [0.15, 0.2) is 0 Å². The first-order valence-electron chi connectivity index (χ1n) is 9.66. The lowest BCUT2D eigenvalue weighted by atomic mass is 9.94. The van der Waals surface area contributed by atoms with Crippen LogP contribution in [0, 0.1) is 5.92 Å².